The quantitative estimate of drug-likeness (QED) is 0.0569. The molecular formula is C25H42N7O17P3. The lowest BCUT2D eigenvalue weighted by molar-refractivity contribution is -0.137. The zero-order valence-electron chi connectivity index (χ0n) is 28.3. The lowest BCUT2D eigenvalue weighted by Gasteiger charge is -2.30. The molecule has 1 aliphatic heterocycles. The van der Waals surface area contributed by atoms with Crippen molar-refractivity contribution in [2.24, 2.45) is 5.41 Å². The monoisotopic (exact) mass is 805 g/mol. The molecule has 2 amide bonds. The van der Waals surface area contributed by atoms with Gasteiger partial charge in [0.05, 0.1) is 19.5 Å². The molecule has 294 valence electrons. The second-order valence-corrected chi connectivity index (χ2v) is 16.7. The Kier molecular flexibility index (Phi) is 14.4. The Morgan fingerprint density at radius 2 is 1.71 bits per heavy atom. The molecule has 7 atom stereocenters. The number of ether oxygens (including phenoxy) is 1. The smallest absolute Gasteiger partial charge is 0.385 e. The molecule has 0 spiro atoms. The van der Waals surface area contributed by atoms with E-state index in [1.165, 1.54) is 27.7 Å². The van der Waals surface area contributed by atoms with E-state index in [1.54, 1.807) is 0 Å². The topological polar surface area (TPSA) is 364 Å². The number of aliphatic hydroxyl groups excluding tert-OH is 2. The summed E-state index contributed by atoms with van der Waals surface area (Å²) in [7, 11) is -16.4. The Hall–Kier alpha value is -2.79. The van der Waals surface area contributed by atoms with Crippen LogP contribution in [-0.2, 0) is 56.4 Å². The van der Waals surface area contributed by atoms with E-state index in [1.807, 2.05) is 0 Å². The molecule has 27 heteroatoms. The molecule has 0 radical (unpaired) electrons. The van der Waals surface area contributed by atoms with E-state index >= 15 is 0 Å². The summed E-state index contributed by atoms with van der Waals surface area (Å²) in [5, 5.41) is 26.5. The van der Waals surface area contributed by atoms with Crippen LogP contribution in [0.25, 0.3) is 11.2 Å². The van der Waals surface area contributed by atoms with Crippen molar-refractivity contribution in [2.45, 2.75) is 77.1 Å². The molecule has 0 bridgehead atoms. The summed E-state index contributed by atoms with van der Waals surface area (Å²) in [5.74, 6) is -1.47. The van der Waals surface area contributed by atoms with Crippen molar-refractivity contribution in [1.82, 2.24) is 30.2 Å². The van der Waals surface area contributed by atoms with Gasteiger partial charge in [-0.1, -0.05) is 13.8 Å². The highest BCUT2D eigenvalue weighted by molar-refractivity contribution is 7.61. The Bertz CT molecular complexity index is 1760. The van der Waals surface area contributed by atoms with Gasteiger partial charge in [0.25, 0.3) is 0 Å². The number of anilines is 1. The molecular weight excluding hydrogens is 763 g/mol. The van der Waals surface area contributed by atoms with E-state index in [4.69, 9.17) is 24.0 Å². The number of nitrogens with one attached hydrogen (secondary N) is 2. The number of Topliss-reactive ketones (excluding diaryl/α,β-unsaturated/α-hetero) is 1. The Morgan fingerprint density at radius 3 is 2.35 bits per heavy atom. The van der Waals surface area contributed by atoms with Crippen molar-refractivity contribution in [1.29, 1.82) is 0 Å². The summed E-state index contributed by atoms with van der Waals surface area (Å²) in [6, 6.07) is 0. The van der Waals surface area contributed by atoms with Crippen LogP contribution in [0.5, 0.6) is 0 Å². The second-order valence-electron chi connectivity index (χ2n) is 12.4. The number of amides is 2. The van der Waals surface area contributed by atoms with Crippen LogP contribution in [0.4, 0.5) is 5.82 Å². The fourth-order valence-electron chi connectivity index (χ4n) is 4.82. The first-order chi connectivity index (χ1) is 23.9. The molecule has 0 aromatic carbocycles. The number of aliphatic hydroxyl groups is 2. The number of nitrogens with zero attached hydrogens (tertiary/aromatic N) is 4. The van der Waals surface area contributed by atoms with E-state index in [0.717, 1.165) is 17.2 Å². The largest absolute Gasteiger partial charge is 0.481 e. The lowest BCUT2D eigenvalue weighted by atomic mass is 9.87. The van der Waals surface area contributed by atoms with E-state index < -0.39 is 84.1 Å². The molecule has 2 aromatic heterocycles. The Labute approximate surface area is 295 Å². The van der Waals surface area contributed by atoms with E-state index in [2.05, 4.69) is 29.9 Å². The lowest BCUT2D eigenvalue weighted by Crippen LogP contribution is -2.46. The molecule has 0 aliphatic carbocycles. The number of nitrogen functional groups attached to an aromatic ring is 1. The van der Waals surface area contributed by atoms with Crippen LogP contribution in [0.15, 0.2) is 12.7 Å². The normalized spacial score (nSPS) is 23.8. The van der Waals surface area contributed by atoms with Gasteiger partial charge in [-0.15, -0.1) is 0 Å². The molecule has 7 unspecified atom stereocenters. The number of fused-ring (bicyclic) bond motifs is 1. The molecule has 2 aromatic rings. The highest BCUT2D eigenvalue weighted by atomic mass is 31.3. The van der Waals surface area contributed by atoms with Crippen LogP contribution in [0.1, 0.15) is 47.0 Å². The van der Waals surface area contributed by atoms with Crippen molar-refractivity contribution in [3.05, 3.63) is 12.7 Å². The number of phosphoric ester groups is 3. The number of carbonyl (C=O) groups excluding carboxylic acids is 3. The fraction of sp³-hybridized carbons (Fsp3) is 0.680. The molecule has 0 saturated carbocycles. The highest BCUT2D eigenvalue weighted by Gasteiger charge is 2.57. The first kappa shape index (κ1) is 43.6. The summed E-state index contributed by atoms with van der Waals surface area (Å²) >= 11 is 0. The van der Waals surface area contributed by atoms with Crippen LogP contribution in [0.3, 0.4) is 0 Å². The maximum Gasteiger partial charge on any atom is 0.481 e. The van der Waals surface area contributed by atoms with Crippen LogP contribution >= 0.6 is 23.5 Å². The van der Waals surface area contributed by atoms with Gasteiger partial charge < -0.3 is 55.7 Å². The minimum Gasteiger partial charge on any atom is -0.385 e. The summed E-state index contributed by atoms with van der Waals surface area (Å²) < 4.78 is 62.4. The minimum absolute atomic E-state index is 0.0200. The maximum absolute atomic E-state index is 12.7. The first-order valence-corrected chi connectivity index (χ1v) is 19.8. The van der Waals surface area contributed by atoms with Crippen molar-refractivity contribution in [2.75, 3.05) is 32.0 Å². The number of hydrogen-bond acceptors (Lipinski definition) is 17. The number of rotatable bonds is 20. The number of hydrogen-bond donors (Lipinski definition) is 9. The third-order valence-corrected chi connectivity index (χ3v) is 10.7. The molecule has 3 rings (SSSR count). The van der Waals surface area contributed by atoms with Gasteiger partial charge in [-0.2, -0.15) is 4.31 Å². The van der Waals surface area contributed by atoms with Crippen LogP contribution < -0.4 is 16.4 Å². The number of nitrogens with two attached hydrogens (primary N) is 1. The molecule has 52 heavy (non-hydrogen) atoms. The average molecular weight is 806 g/mol. The Balaban J connectivity index is 1.59. The van der Waals surface area contributed by atoms with Gasteiger partial charge in [-0.25, -0.2) is 28.6 Å². The van der Waals surface area contributed by atoms with Crippen LogP contribution in [0.2, 0.25) is 0 Å². The average Bonchev–Trinajstić information content (AvgIpc) is 3.56. The number of carbonyl (C=O) groups is 3. The minimum atomic E-state index is -5.58. The van der Waals surface area contributed by atoms with Gasteiger partial charge in [0.2, 0.25) is 11.8 Å². The van der Waals surface area contributed by atoms with Gasteiger partial charge in [-0.05, 0) is 20.3 Å². The number of ketones is 1. The molecule has 3 heterocycles. The highest BCUT2D eigenvalue weighted by Crippen LogP contribution is 2.61. The predicted octanol–water partition coefficient (Wildman–Crippen LogP) is -1.05. The zero-order valence-corrected chi connectivity index (χ0v) is 31.0. The fourth-order valence-corrected chi connectivity index (χ4v) is 7.64. The standard InChI is InChI=1S/C25H42N7O17P3/c1-14(33)6-5-8-27-16(34)7-9-28-23(37)20(36)24(2,3)11-46-52(43,44)49-51(41,42)45-10-15-18(48-50(38,39)40)19(35)25(4,47-15)32-13-31-17-21(26)29-12-30-22(17)32/h12-13,15,18-20,35-36H,5-11H2,1-4H3,(H,27,34)(H,28,37)(H,41,42)(H,43,44)(H2,26,29,30)(H2,38,39,40). The van der Waals surface area contributed by atoms with Crippen LogP contribution in [0, 0.1) is 5.41 Å². The SMILES string of the molecule is CC(=O)CCCNC(=O)CCNC(=O)C(O)C(C)(C)COP(=O)(O)OP(=O)(O)OCC1OC(C)(n2cnc3c(N)ncnc32)C(O)C1OP(=O)(O)O. The molecule has 10 N–H and O–H groups in total. The van der Waals surface area contributed by atoms with Gasteiger partial charge in [-0.3, -0.25) is 27.7 Å². The number of aromatic nitrogens is 4. The number of phosphoric acid groups is 3. The third-order valence-electron chi connectivity index (χ3n) is 7.59. The molecule has 24 nitrogen and oxygen atoms in total. The summed E-state index contributed by atoms with van der Waals surface area (Å²) in [5.41, 5.74) is 2.31. The third kappa shape index (κ3) is 11.9. The molecule has 1 fully saturated rings. The van der Waals surface area contributed by atoms with Crippen molar-refractivity contribution >= 4 is 58.0 Å². The van der Waals surface area contributed by atoms with Gasteiger partial charge in [0.1, 0.15) is 42.0 Å². The maximum atomic E-state index is 12.7. The predicted molar refractivity (Wildman–Crippen MR) is 174 cm³/mol. The summed E-state index contributed by atoms with van der Waals surface area (Å²) in [6.45, 7) is 3.21. The molecule has 1 saturated heterocycles. The second kappa shape index (κ2) is 17.1. The van der Waals surface area contributed by atoms with Crippen molar-refractivity contribution < 1.29 is 80.5 Å². The van der Waals surface area contributed by atoms with E-state index in [-0.39, 0.29) is 42.3 Å². The van der Waals surface area contributed by atoms with Gasteiger partial charge in [0.15, 0.2) is 17.2 Å². The first-order valence-electron chi connectivity index (χ1n) is 15.3. The van der Waals surface area contributed by atoms with Gasteiger partial charge >= 0.3 is 23.5 Å². The van der Waals surface area contributed by atoms with Crippen LogP contribution in [-0.4, -0.2) is 118 Å². The van der Waals surface area contributed by atoms with Crippen molar-refractivity contribution in [3.8, 4) is 0 Å². The van der Waals surface area contributed by atoms with Gasteiger partial charge in [0, 0.05) is 31.3 Å². The van der Waals surface area contributed by atoms with E-state index in [9.17, 15) is 57.9 Å². The van der Waals surface area contributed by atoms with E-state index in [0.29, 0.717) is 12.8 Å². The Morgan fingerprint density at radius 1 is 1.06 bits per heavy atom. The summed E-state index contributed by atoms with van der Waals surface area (Å²) in [6.07, 6.45) is -4.71. The zero-order chi connectivity index (χ0) is 39.3. The molecule has 1 aliphatic rings. The number of imidazole rings is 1. The van der Waals surface area contributed by atoms with Crippen molar-refractivity contribution in [3.63, 3.8) is 0 Å². The summed E-state index contributed by atoms with van der Waals surface area (Å²) in [4.78, 5) is 86.4.